The molecule has 0 radical (unpaired) electrons. The first kappa shape index (κ1) is 14.4. The number of carbonyl (C=O) groups is 1. The fraction of sp³-hybridized carbons (Fsp3) is 0.588. The molecular weight excluding hydrogens is 264 g/mol. The number of hydrogen-bond acceptors (Lipinski definition) is 3. The average Bonchev–Trinajstić information content (AvgIpc) is 3.38. The van der Waals surface area contributed by atoms with Gasteiger partial charge in [-0.1, -0.05) is 0 Å². The van der Waals surface area contributed by atoms with Gasteiger partial charge in [-0.3, -0.25) is 4.79 Å². The summed E-state index contributed by atoms with van der Waals surface area (Å²) in [7, 11) is 1.63. The molecule has 2 aliphatic rings. The molecule has 2 aliphatic carbocycles. The number of nitrogens with one attached hydrogen (secondary N) is 2. The number of carbonyl (C=O) groups excluding carboxylic acids is 1. The Labute approximate surface area is 126 Å². The minimum atomic E-state index is 0.0190. The van der Waals surface area contributed by atoms with Crippen molar-refractivity contribution in [1.82, 2.24) is 5.32 Å². The van der Waals surface area contributed by atoms with Crippen molar-refractivity contribution in [2.24, 2.45) is 17.8 Å². The first-order valence-corrected chi connectivity index (χ1v) is 7.91. The van der Waals surface area contributed by atoms with E-state index in [1.165, 1.54) is 25.7 Å². The molecule has 0 saturated heterocycles. The molecule has 2 saturated carbocycles. The Hall–Kier alpha value is -1.55. The monoisotopic (exact) mass is 288 g/mol. The highest BCUT2D eigenvalue weighted by atomic mass is 16.5. The van der Waals surface area contributed by atoms with Crippen LogP contribution in [0.2, 0.25) is 0 Å². The Morgan fingerprint density at radius 1 is 1.19 bits per heavy atom. The smallest absolute Gasteiger partial charge is 0.238 e. The molecule has 0 heterocycles. The maximum atomic E-state index is 11.9. The summed E-state index contributed by atoms with van der Waals surface area (Å²) in [5.41, 5.74) is 0.809. The Balaban J connectivity index is 1.39. The lowest BCUT2D eigenvalue weighted by Crippen LogP contribution is -2.33. The van der Waals surface area contributed by atoms with Crippen molar-refractivity contribution in [3.63, 3.8) is 0 Å². The van der Waals surface area contributed by atoms with E-state index in [1.807, 2.05) is 24.3 Å². The van der Waals surface area contributed by atoms with E-state index in [9.17, 15) is 4.79 Å². The fourth-order valence-corrected chi connectivity index (χ4v) is 3.00. The minimum absolute atomic E-state index is 0.0190. The Morgan fingerprint density at radius 3 is 2.33 bits per heavy atom. The standard InChI is InChI=1S/C17H24N2O2/c1-21-15-8-6-14(7-9-15)19-17(20)11-18-10-16(12-2-3-12)13-4-5-13/h6-9,12-13,16,18H,2-5,10-11H2,1H3,(H,19,20). The summed E-state index contributed by atoms with van der Waals surface area (Å²) in [5.74, 6) is 3.47. The third kappa shape index (κ3) is 4.21. The average molecular weight is 288 g/mol. The Morgan fingerprint density at radius 2 is 1.81 bits per heavy atom. The Bertz CT molecular complexity index is 466. The van der Waals surface area contributed by atoms with Crippen LogP contribution in [0, 0.1) is 17.8 Å². The van der Waals surface area contributed by atoms with E-state index in [-0.39, 0.29) is 5.91 Å². The predicted molar refractivity (Wildman–Crippen MR) is 83.4 cm³/mol. The molecule has 3 rings (SSSR count). The molecule has 0 atom stereocenters. The zero-order valence-electron chi connectivity index (χ0n) is 12.6. The number of ether oxygens (including phenoxy) is 1. The number of hydrogen-bond donors (Lipinski definition) is 2. The van der Waals surface area contributed by atoms with Crippen LogP contribution in [0.1, 0.15) is 25.7 Å². The molecule has 1 aromatic carbocycles. The van der Waals surface area contributed by atoms with Gasteiger partial charge in [0, 0.05) is 5.69 Å². The molecule has 21 heavy (non-hydrogen) atoms. The summed E-state index contributed by atoms with van der Waals surface area (Å²) < 4.78 is 5.10. The highest BCUT2D eigenvalue weighted by Gasteiger charge is 2.40. The van der Waals surface area contributed by atoms with Gasteiger partial charge < -0.3 is 15.4 Å². The van der Waals surface area contributed by atoms with Gasteiger partial charge in [-0.2, -0.15) is 0 Å². The third-order valence-corrected chi connectivity index (χ3v) is 4.49. The summed E-state index contributed by atoms with van der Waals surface area (Å²) in [5, 5.41) is 6.23. The molecule has 0 unspecified atom stereocenters. The van der Waals surface area contributed by atoms with Crippen LogP contribution in [-0.4, -0.2) is 26.1 Å². The molecule has 2 N–H and O–H groups in total. The van der Waals surface area contributed by atoms with E-state index in [4.69, 9.17) is 4.74 Å². The van der Waals surface area contributed by atoms with E-state index in [2.05, 4.69) is 10.6 Å². The number of rotatable bonds is 8. The van der Waals surface area contributed by atoms with E-state index in [0.717, 1.165) is 35.7 Å². The van der Waals surface area contributed by atoms with E-state index in [1.54, 1.807) is 7.11 Å². The maximum Gasteiger partial charge on any atom is 0.238 e. The van der Waals surface area contributed by atoms with Gasteiger partial charge in [0.05, 0.1) is 13.7 Å². The summed E-state index contributed by atoms with van der Waals surface area (Å²) in [6, 6.07) is 7.40. The van der Waals surface area contributed by atoms with Crippen LogP contribution < -0.4 is 15.4 Å². The quantitative estimate of drug-likeness (QED) is 0.773. The van der Waals surface area contributed by atoms with Crippen molar-refractivity contribution in [2.45, 2.75) is 25.7 Å². The van der Waals surface area contributed by atoms with Crippen LogP contribution in [-0.2, 0) is 4.79 Å². The van der Waals surface area contributed by atoms with Crippen molar-refractivity contribution in [2.75, 3.05) is 25.5 Å². The molecule has 0 spiro atoms. The molecule has 0 aliphatic heterocycles. The molecule has 0 aromatic heterocycles. The van der Waals surface area contributed by atoms with Gasteiger partial charge in [-0.15, -0.1) is 0 Å². The van der Waals surface area contributed by atoms with Gasteiger partial charge in [0.2, 0.25) is 5.91 Å². The lowest BCUT2D eigenvalue weighted by molar-refractivity contribution is -0.115. The summed E-state index contributed by atoms with van der Waals surface area (Å²) >= 11 is 0. The predicted octanol–water partition coefficient (Wildman–Crippen LogP) is 2.66. The molecule has 114 valence electrons. The third-order valence-electron chi connectivity index (χ3n) is 4.49. The van der Waals surface area contributed by atoms with E-state index in [0.29, 0.717) is 6.54 Å². The molecule has 2 fully saturated rings. The summed E-state index contributed by atoms with van der Waals surface area (Å²) in [6.45, 7) is 1.38. The lowest BCUT2D eigenvalue weighted by atomic mass is 9.98. The van der Waals surface area contributed by atoms with Gasteiger partial charge in [-0.25, -0.2) is 0 Å². The number of methoxy groups -OCH3 is 1. The van der Waals surface area contributed by atoms with Gasteiger partial charge >= 0.3 is 0 Å². The minimum Gasteiger partial charge on any atom is -0.497 e. The SMILES string of the molecule is COc1ccc(NC(=O)CNCC(C2CC2)C2CC2)cc1. The van der Waals surface area contributed by atoms with Crippen LogP contribution >= 0.6 is 0 Å². The maximum absolute atomic E-state index is 11.9. The zero-order valence-corrected chi connectivity index (χ0v) is 12.6. The van der Waals surface area contributed by atoms with E-state index < -0.39 is 0 Å². The van der Waals surface area contributed by atoms with Gasteiger partial charge in [0.15, 0.2) is 0 Å². The van der Waals surface area contributed by atoms with Crippen molar-refractivity contribution in [1.29, 1.82) is 0 Å². The second-order valence-electron chi connectivity index (χ2n) is 6.25. The first-order chi connectivity index (χ1) is 10.3. The van der Waals surface area contributed by atoms with Crippen molar-refractivity contribution < 1.29 is 9.53 Å². The molecule has 4 heteroatoms. The lowest BCUT2D eigenvalue weighted by Gasteiger charge is -2.16. The molecular formula is C17H24N2O2. The largest absolute Gasteiger partial charge is 0.497 e. The second kappa shape index (κ2) is 6.48. The zero-order chi connectivity index (χ0) is 14.7. The van der Waals surface area contributed by atoms with Crippen LogP contribution in [0.25, 0.3) is 0 Å². The van der Waals surface area contributed by atoms with Crippen LogP contribution in [0.5, 0.6) is 5.75 Å². The highest BCUT2D eigenvalue weighted by Crippen LogP contribution is 2.48. The Kier molecular flexibility index (Phi) is 4.44. The van der Waals surface area contributed by atoms with Crippen LogP contribution in [0.4, 0.5) is 5.69 Å². The normalized spacial score (nSPS) is 17.8. The van der Waals surface area contributed by atoms with Crippen LogP contribution in [0.15, 0.2) is 24.3 Å². The molecule has 4 nitrogen and oxygen atoms in total. The van der Waals surface area contributed by atoms with Gasteiger partial charge in [0.25, 0.3) is 0 Å². The van der Waals surface area contributed by atoms with Crippen LogP contribution in [0.3, 0.4) is 0 Å². The van der Waals surface area contributed by atoms with Gasteiger partial charge in [-0.05, 0) is 74.2 Å². The van der Waals surface area contributed by atoms with Crippen molar-refractivity contribution in [3.8, 4) is 5.75 Å². The molecule has 0 bridgehead atoms. The summed E-state index contributed by atoms with van der Waals surface area (Å²) in [6.07, 6.45) is 5.56. The van der Waals surface area contributed by atoms with Gasteiger partial charge in [0.1, 0.15) is 5.75 Å². The highest BCUT2D eigenvalue weighted by molar-refractivity contribution is 5.92. The number of benzene rings is 1. The number of anilines is 1. The van der Waals surface area contributed by atoms with Crippen molar-refractivity contribution >= 4 is 11.6 Å². The number of amides is 1. The topological polar surface area (TPSA) is 50.4 Å². The first-order valence-electron chi connectivity index (χ1n) is 7.91. The fourth-order valence-electron chi connectivity index (χ4n) is 3.00. The second-order valence-corrected chi connectivity index (χ2v) is 6.25. The summed E-state index contributed by atoms with van der Waals surface area (Å²) in [4.78, 5) is 11.9. The van der Waals surface area contributed by atoms with E-state index >= 15 is 0 Å². The molecule has 1 aromatic rings. The van der Waals surface area contributed by atoms with Crippen molar-refractivity contribution in [3.05, 3.63) is 24.3 Å². The molecule has 1 amide bonds.